The number of nitrogens with zero attached hydrogens (tertiary/aromatic N) is 1. The molecule has 0 saturated heterocycles. The minimum absolute atomic E-state index is 0.0384. The standard InChI is InChI=1S/C30H48N4O13Si/c1-10-23(35)44-19-29(5,20-45-24(36)11-2)32-27(39)31-15-17-34(16-14-18-48(41-7,42-8)43-9)28(40)33-30(6,21-46-25(37)12-3)22-47-26(38)13-4/h10-13H,1-4,14-22H2,5-9H3,(H,33,40)(H2,31,32,39). The predicted molar refractivity (Wildman–Crippen MR) is 174 cm³/mol. The van der Waals surface area contributed by atoms with Crippen molar-refractivity contribution >= 4 is 44.7 Å². The quantitative estimate of drug-likeness (QED) is 0.0557. The lowest BCUT2D eigenvalue weighted by Gasteiger charge is -2.33. The van der Waals surface area contributed by atoms with Crippen molar-refractivity contribution < 1.29 is 61.0 Å². The fraction of sp³-hybridized carbons (Fsp3) is 0.533. The molecule has 0 radical (unpaired) electrons. The summed E-state index contributed by atoms with van der Waals surface area (Å²) in [5.41, 5.74) is -2.73. The number of rotatable bonds is 24. The first-order valence-electron chi connectivity index (χ1n) is 14.5. The Labute approximate surface area is 281 Å². The fourth-order valence-corrected chi connectivity index (χ4v) is 5.41. The second kappa shape index (κ2) is 22.1. The van der Waals surface area contributed by atoms with Gasteiger partial charge in [0.15, 0.2) is 0 Å². The molecule has 0 unspecified atom stereocenters. The SMILES string of the molecule is C=CC(=O)OCC(C)(COC(=O)C=C)NC(=O)NCCN(CCC[Si](OC)(OC)OC)C(=O)NC(C)(COC(=O)C=C)COC(=O)C=C. The van der Waals surface area contributed by atoms with Crippen LogP contribution in [0.25, 0.3) is 0 Å². The fourth-order valence-electron chi connectivity index (χ4n) is 3.70. The molecule has 0 atom stereocenters. The molecular formula is C30H48N4O13Si. The first-order chi connectivity index (χ1) is 22.6. The van der Waals surface area contributed by atoms with Crippen molar-refractivity contribution in [3.63, 3.8) is 0 Å². The van der Waals surface area contributed by atoms with Gasteiger partial charge in [-0.25, -0.2) is 28.8 Å². The third-order valence-corrected chi connectivity index (χ3v) is 9.25. The number of ether oxygens (including phenoxy) is 4. The first kappa shape index (κ1) is 43.5. The van der Waals surface area contributed by atoms with E-state index in [-0.39, 0.29) is 46.1 Å². The number of esters is 4. The lowest BCUT2D eigenvalue weighted by atomic mass is 10.1. The molecule has 0 aromatic rings. The van der Waals surface area contributed by atoms with Crippen molar-refractivity contribution in [1.29, 1.82) is 0 Å². The molecule has 4 amide bonds. The highest BCUT2D eigenvalue weighted by Gasteiger charge is 2.38. The molecule has 0 aliphatic heterocycles. The number of amides is 4. The monoisotopic (exact) mass is 700 g/mol. The second-order valence-electron chi connectivity index (χ2n) is 10.6. The van der Waals surface area contributed by atoms with Crippen LogP contribution < -0.4 is 16.0 Å². The van der Waals surface area contributed by atoms with Gasteiger partial charge >= 0.3 is 44.7 Å². The third-order valence-electron chi connectivity index (χ3n) is 6.42. The Kier molecular flexibility index (Phi) is 20.0. The molecule has 0 saturated carbocycles. The van der Waals surface area contributed by atoms with Crippen molar-refractivity contribution in [2.75, 3.05) is 67.4 Å². The van der Waals surface area contributed by atoms with Gasteiger partial charge in [0.25, 0.3) is 0 Å². The Bertz CT molecular complexity index is 1100. The lowest BCUT2D eigenvalue weighted by molar-refractivity contribution is -0.145. The molecule has 48 heavy (non-hydrogen) atoms. The highest BCUT2D eigenvalue weighted by molar-refractivity contribution is 6.60. The van der Waals surface area contributed by atoms with Gasteiger partial charge in [0.2, 0.25) is 0 Å². The third kappa shape index (κ3) is 16.9. The molecule has 0 heterocycles. The van der Waals surface area contributed by atoms with Gasteiger partial charge in [0, 0.05) is 71.3 Å². The maximum Gasteiger partial charge on any atom is 0.500 e. The van der Waals surface area contributed by atoms with E-state index in [4.69, 9.17) is 32.2 Å². The molecule has 0 aliphatic rings. The number of hydrogen-bond donors (Lipinski definition) is 3. The zero-order valence-electron chi connectivity index (χ0n) is 28.3. The van der Waals surface area contributed by atoms with Crippen LogP contribution in [0.15, 0.2) is 50.6 Å². The zero-order valence-corrected chi connectivity index (χ0v) is 29.3. The summed E-state index contributed by atoms with van der Waals surface area (Å²) in [6.07, 6.45) is 4.11. The average molecular weight is 701 g/mol. The van der Waals surface area contributed by atoms with Gasteiger partial charge in [-0.2, -0.15) is 0 Å². The van der Waals surface area contributed by atoms with E-state index in [2.05, 4.69) is 42.3 Å². The summed E-state index contributed by atoms with van der Waals surface area (Å²) in [6.45, 7) is 14.8. The van der Waals surface area contributed by atoms with Crippen LogP contribution in [0.5, 0.6) is 0 Å². The largest absolute Gasteiger partial charge is 0.500 e. The number of hydrogen-bond acceptors (Lipinski definition) is 13. The molecule has 0 fully saturated rings. The van der Waals surface area contributed by atoms with Crippen LogP contribution >= 0.6 is 0 Å². The van der Waals surface area contributed by atoms with Gasteiger partial charge in [-0.1, -0.05) is 26.3 Å². The smallest absolute Gasteiger partial charge is 0.460 e. The van der Waals surface area contributed by atoms with Crippen molar-refractivity contribution in [1.82, 2.24) is 20.9 Å². The topological polar surface area (TPSA) is 206 Å². The van der Waals surface area contributed by atoms with Crippen LogP contribution in [0, 0.1) is 0 Å². The Morgan fingerprint density at radius 3 is 1.38 bits per heavy atom. The molecule has 18 heteroatoms. The van der Waals surface area contributed by atoms with Crippen LogP contribution in [0.4, 0.5) is 9.59 Å². The van der Waals surface area contributed by atoms with Gasteiger partial charge in [-0.05, 0) is 20.3 Å². The molecule has 0 aliphatic carbocycles. The highest BCUT2D eigenvalue weighted by atomic mass is 28.4. The van der Waals surface area contributed by atoms with E-state index in [0.29, 0.717) is 12.5 Å². The number of nitrogens with one attached hydrogen (secondary N) is 3. The van der Waals surface area contributed by atoms with Crippen LogP contribution in [0.2, 0.25) is 6.04 Å². The minimum atomic E-state index is -2.99. The minimum Gasteiger partial charge on any atom is -0.460 e. The summed E-state index contributed by atoms with van der Waals surface area (Å²) in [5, 5.41) is 7.93. The van der Waals surface area contributed by atoms with E-state index in [1.54, 1.807) is 0 Å². The van der Waals surface area contributed by atoms with Gasteiger partial charge < -0.3 is 53.1 Å². The summed E-state index contributed by atoms with van der Waals surface area (Å²) in [5.74, 6) is -3.03. The summed E-state index contributed by atoms with van der Waals surface area (Å²) in [6, 6.07) is -1.05. The zero-order chi connectivity index (χ0) is 36.8. The van der Waals surface area contributed by atoms with Crippen molar-refractivity contribution in [3.8, 4) is 0 Å². The number of carbonyl (C=O) groups excluding carboxylic acids is 6. The van der Waals surface area contributed by atoms with E-state index in [1.807, 2.05) is 0 Å². The normalized spacial score (nSPS) is 11.2. The Morgan fingerprint density at radius 1 is 0.646 bits per heavy atom. The maximum atomic E-state index is 13.6. The second-order valence-corrected chi connectivity index (χ2v) is 13.7. The van der Waals surface area contributed by atoms with Crippen LogP contribution in [0.1, 0.15) is 20.3 Å². The number of carbonyl (C=O) groups is 6. The molecule has 0 aromatic heterocycles. The summed E-state index contributed by atoms with van der Waals surface area (Å²) in [4.78, 5) is 74.6. The van der Waals surface area contributed by atoms with Gasteiger partial charge in [-0.15, -0.1) is 0 Å². The number of urea groups is 2. The molecule has 0 spiro atoms. The van der Waals surface area contributed by atoms with Crippen LogP contribution in [0.3, 0.4) is 0 Å². The molecule has 0 rings (SSSR count). The molecule has 0 aromatic carbocycles. The Balaban J connectivity index is 5.88. The van der Waals surface area contributed by atoms with Gasteiger partial charge in [0.05, 0.1) is 0 Å². The van der Waals surface area contributed by atoms with Crippen molar-refractivity contribution in [2.45, 2.75) is 37.4 Å². The predicted octanol–water partition coefficient (Wildman–Crippen LogP) is 1.000. The van der Waals surface area contributed by atoms with E-state index >= 15 is 0 Å². The Hall–Kier alpha value is -4.52. The van der Waals surface area contributed by atoms with Gasteiger partial charge in [0.1, 0.15) is 37.5 Å². The lowest BCUT2D eigenvalue weighted by Crippen LogP contribution is -2.59. The first-order valence-corrected chi connectivity index (χ1v) is 16.5. The average Bonchev–Trinajstić information content (AvgIpc) is 3.08. The highest BCUT2D eigenvalue weighted by Crippen LogP contribution is 2.16. The maximum absolute atomic E-state index is 13.6. The molecule has 17 nitrogen and oxygen atoms in total. The van der Waals surface area contributed by atoms with Crippen LogP contribution in [-0.4, -0.2) is 128 Å². The Morgan fingerprint density at radius 2 is 1.02 bits per heavy atom. The molecular weight excluding hydrogens is 652 g/mol. The van der Waals surface area contributed by atoms with Gasteiger partial charge in [-0.3, -0.25) is 0 Å². The van der Waals surface area contributed by atoms with Crippen LogP contribution in [-0.2, 0) is 51.4 Å². The van der Waals surface area contributed by atoms with E-state index < -0.39 is 55.8 Å². The molecule has 0 bridgehead atoms. The summed E-state index contributed by atoms with van der Waals surface area (Å²) in [7, 11) is 1.37. The molecule has 270 valence electrons. The molecule has 3 N–H and O–H groups in total. The van der Waals surface area contributed by atoms with Crippen molar-refractivity contribution in [2.24, 2.45) is 0 Å². The van der Waals surface area contributed by atoms with E-state index in [1.165, 1.54) is 40.1 Å². The van der Waals surface area contributed by atoms with E-state index in [9.17, 15) is 28.8 Å². The van der Waals surface area contributed by atoms with E-state index in [0.717, 1.165) is 24.3 Å². The summed E-state index contributed by atoms with van der Waals surface area (Å²) < 4.78 is 36.7. The summed E-state index contributed by atoms with van der Waals surface area (Å²) >= 11 is 0. The van der Waals surface area contributed by atoms with Crippen molar-refractivity contribution in [3.05, 3.63) is 50.6 Å².